The van der Waals surface area contributed by atoms with Crippen molar-refractivity contribution in [2.24, 2.45) is 0 Å². The van der Waals surface area contributed by atoms with Crippen LogP contribution in [0.4, 0.5) is 0 Å². The molecule has 3 aromatic rings. The Morgan fingerprint density at radius 3 is 2.48 bits per heavy atom. The molecule has 0 saturated carbocycles. The molecule has 0 radical (unpaired) electrons. The number of hydrogen-bond donors (Lipinski definition) is 2. The quantitative estimate of drug-likeness (QED) is 0.506. The van der Waals surface area contributed by atoms with Crippen molar-refractivity contribution in [2.75, 3.05) is 0 Å². The van der Waals surface area contributed by atoms with Crippen molar-refractivity contribution in [3.8, 4) is 0 Å². The average molecular weight is 336 g/mol. The third-order valence-electron chi connectivity index (χ3n) is 3.89. The lowest BCUT2D eigenvalue weighted by molar-refractivity contribution is -0.114. The number of carbonyl (C=O) groups is 3. The molecule has 2 N–H and O–H groups in total. The highest BCUT2D eigenvalue weighted by Gasteiger charge is 2.21. The van der Waals surface area contributed by atoms with Gasteiger partial charge in [0, 0.05) is 17.5 Å². The number of nitrogens with one attached hydrogen (secondary N) is 2. The van der Waals surface area contributed by atoms with Crippen molar-refractivity contribution in [1.82, 2.24) is 20.2 Å². The third kappa shape index (κ3) is 3.77. The summed E-state index contributed by atoms with van der Waals surface area (Å²) < 4.78 is 0. The second-order valence-electron chi connectivity index (χ2n) is 5.66. The van der Waals surface area contributed by atoms with Crippen LogP contribution in [0.15, 0.2) is 42.9 Å². The number of ketones is 3. The molecule has 0 amide bonds. The molecular formula is C18H16N4O3. The van der Waals surface area contributed by atoms with E-state index in [1.54, 1.807) is 18.3 Å². The molecule has 0 fully saturated rings. The van der Waals surface area contributed by atoms with Crippen LogP contribution in [0.3, 0.4) is 0 Å². The lowest BCUT2D eigenvalue weighted by Crippen LogP contribution is -2.19. The van der Waals surface area contributed by atoms with Gasteiger partial charge in [0.1, 0.15) is 6.33 Å². The molecule has 7 heteroatoms. The first-order valence-electron chi connectivity index (χ1n) is 7.73. The molecule has 126 valence electrons. The van der Waals surface area contributed by atoms with Crippen LogP contribution in [0.25, 0.3) is 0 Å². The van der Waals surface area contributed by atoms with Gasteiger partial charge in [-0.2, -0.15) is 0 Å². The second-order valence-corrected chi connectivity index (χ2v) is 5.66. The van der Waals surface area contributed by atoms with E-state index in [9.17, 15) is 14.4 Å². The molecule has 0 atom stereocenters. The zero-order valence-corrected chi connectivity index (χ0v) is 13.6. The maximum Gasteiger partial charge on any atom is 0.267 e. The van der Waals surface area contributed by atoms with Crippen molar-refractivity contribution in [3.05, 3.63) is 71.1 Å². The Morgan fingerprint density at radius 2 is 1.84 bits per heavy atom. The number of rotatable bonds is 7. The smallest absolute Gasteiger partial charge is 0.267 e. The van der Waals surface area contributed by atoms with E-state index in [0.29, 0.717) is 17.7 Å². The van der Waals surface area contributed by atoms with E-state index in [4.69, 9.17) is 0 Å². The van der Waals surface area contributed by atoms with Gasteiger partial charge in [0.25, 0.3) is 5.78 Å². The molecule has 0 aliphatic rings. The molecule has 2 heterocycles. The van der Waals surface area contributed by atoms with E-state index in [1.807, 2.05) is 18.2 Å². The van der Waals surface area contributed by atoms with Gasteiger partial charge in [-0.1, -0.05) is 24.3 Å². The number of H-pyrrole nitrogens is 2. The SMILES string of the molecule is CC(=O)c1ccc(Cc2cc[nH]c2CC(=O)C(=O)c2nc[nH]n2)cc1. The normalized spacial score (nSPS) is 10.6. The molecule has 25 heavy (non-hydrogen) atoms. The van der Waals surface area contributed by atoms with Gasteiger partial charge < -0.3 is 4.98 Å². The molecule has 0 unspecified atom stereocenters. The van der Waals surface area contributed by atoms with E-state index in [1.165, 1.54) is 13.3 Å². The summed E-state index contributed by atoms with van der Waals surface area (Å²) in [4.78, 5) is 42.1. The van der Waals surface area contributed by atoms with Gasteiger partial charge in [-0.05, 0) is 30.5 Å². The van der Waals surface area contributed by atoms with Crippen LogP contribution in [-0.2, 0) is 17.6 Å². The van der Waals surface area contributed by atoms with Gasteiger partial charge in [-0.3, -0.25) is 19.5 Å². The van der Waals surface area contributed by atoms with Gasteiger partial charge >= 0.3 is 0 Å². The highest BCUT2D eigenvalue weighted by Crippen LogP contribution is 2.16. The number of hydrogen-bond acceptors (Lipinski definition) is 5. The lowest BCUT2D eigenvalue weighted by atomic mass is 10.0. The van der Waals surface area contributed by atoms with E-state index in [2.05, 4.69) is 20.2 Å². The molecule has 3 rings (SSSR count). The number of aromatic nitrogens is 4. The zero-order valence-electron chi connectivity index (χ0n) is 13.6. The molecule has 2 aromatic heterocycles. The topological polar surface area (TPSA) is 109 Å². The largest absolute Gasteiger partial charge is 0.364 e. The summed E-state index contributed by atoms with van der Waals surface area (Å²) in [7, 11) is 0. The summed E-state index contributed by atoms with van der Waals surface area (Å²) in [5.74, 6) is -1.40. The Balaban J connectivity index is 1.71. The van der Waals surface area contributed by atoms with Crippen LogP contribution in [0, 0.1) is 0 Å². The molecule has 0 bridgehead atoms. The fourth-order valence-corrected chi connectivity index (χ4v) is 2.53. The van der Waals surface area contributed by atoms with Crippen molar-refractivity contribution in [1.29, 1.82) is 0 Å². The first kappa shape index (κ1) is 16.5. The standard InChI is InChI=1S/C18H16N4O3/c1-11(23)13-4-2-12(3-5-13)8-14-6-7-19-15(14)9-16(24)17(25)18-20-10-21-22-18/h2-7,10,19H,8-9H2,1H3,(H,20,21,22). The van der Waals surface area contributed by atoms with Crippen molar-refractivity contribution >= 4 is 17.3 Å². The minimum Gasteiger partial charge on any atom is -0.364 e. The molecule has 0 aliphatic heterocycles. The Morgan fingerprint density at radius 1 is 1.08 bits per heavy atom. The van der Waals surface area contributed by atoms with Gasteiger partial charge in [-0.15, -0.1) is 5.10 Å². The van der Waals surface area contributed by atoms with Crippen LogP contribution < -0.4 is 0 Å². The van der Waals surface area contributed by atoms with Crippen molar-refractivity contribution < 1.29 is 14.4 Å². The minimum atomic E-state index is -0.715. The first-order chi connectivity index (χ1) is 12.0. The molecule has 0 aliphatic carbocycles. The number of nitrogens with zero attached hydrogens (tertiary/aromatic N) is 2. The fourth-order valence-electron chi connectivity index (χ4n) is 2.53. The lowest BCUT2D eigenvalue weighted by Gasteiger charge is -2.05. The summed E-state index contributed by atoms with van der Waals surface area (Å²) in [6.45, 7) is 1.52. The van der Waals surface area contributed by atoms with E-state index < -0.39 is 11.6 Å². The van der Waals surface area contributed by atoms with Gasteiger partial charge in [0.15, 0.2) is 5.78 Å². The molecule has 1 aromatic carbocycles. The van der Waals surface area contributed by atoms with Crippen LogP contribution in [-0.4, -0.2) is 37.5 Å². The average Bonchev–Trinajstić information content (AvgIpc) is 3.27. The predicted octanol–water partition coefficient (Wildman–Crippen LogP) is 1.92. The monoisotopic (exact) mass is 336 g/mol. The summed E-state index contributed by atoms with van der Waals surface area (Å²) >= 11 is 0. The van der Waals surface area contributed by atoms with Gasteiger partial charge in [0.05, 0.1) is 6.42 Å². The molecule has 0 spiro atoms. The van der Waals surface area contributed by atoms with Crippen LogP contribution in [0.1, 0.15) is 44.7 Å². The van der Waals surface area contributed by atoms with Crippen LogP contribution in [0.5, 0.6) is 0 Å². The van der Waals surface area contributed by atoms with Crippen molar-refractivity contribution in [2.45, 2.75) is 19.8 Å². The highest BCUT2D eigenvalue weighted by molar-refractivity contribution is 6.43. The predicted molar refractivity (Wildman–Crippen MR) is 89.5 cm³/mol. The van der Waals surface area contributed by atoms with Crippen LogP contribution in [0.2, 0.25) is 0 Å². The Bertz CT molecular complexity index is 908. The number of aromatic amines is 2. The Kier molecular flexibility index (Phi) is 4.65. The Hall–Kier alpha value is -3.35. The van der Waals surface area contributed by atoms with Crippen molar-refractivity contribution in [3.63, 3.8) is 0 Å². The highest BCUT2D eigenvalue weighted by atomic mass is 16.2. The number of Topliss-reactive ketones (excluding diaryl/α,β-unsaturated/α-hetero) is 3. The minimum absolute atomic E-state index is 0.0185. The molecule has 7 nitrogen and oxygen atoms in total. The van der Waals surface area contributed by atoms with Gasteiger partial charge in [0.2, 0.25) is 11.6 Å². The maximum absolute atomic E-state index is 12.1. The second kappa shape index (κ2) is 7.04. The third-order valence-corrected chi connectivity index (χ3v) is 3.89. The fraction of sp³-hybridized carbons (Fsp3) is 0.167. The summed E-state index contributed by atoms with van der Waals surface area (Å²) in [5.41, 5.74) is 3.28. The number of carbonyl (C=O) groups excluding carboxylic acids is 3. The summed E-state index contributed by atoms with van der Waals surface area (Å²) in [5, 5.41) is 6.05. The zero-order chi connectivity index (χ0) is 17.8. The summed E-state index contributed by atoms with van der Waals surface area (Å²) in [6.07, 6.45) is 3.55. The van der Waals surface area contributed by atoms with Gasteiger partial charge in [-0.25, -0.2) is 4.98 Å². The van der Waals surface area contributed by atoms with Crippen LogP contribution >= 0.6 is 0 Å². The molecule has 0 saturated heterocycles. The maximum atomic E-state index is 12.1. The number of benzene rings is 1. The summed E-state index contributed by atoms with van der Waals surface area (Å²) in [6, 6.07) is 9.20. The Labute approximate surface area is 143 Å². The van der Waals surface area contributed by atoms with E-state index in [-0.39, 0.29) is 18.0 Å². The van der Waals surface area contributed by atoms with E-state index in [0.717, 1.165) is 11.1 Å². The molecular weight excluding hydrogens is 320 g/mol. The van der Waals surface area contributed by atoms with E-state index >= 15 is 0 Å². The first-order valence-corrected chi connectivity index (χ1v) is 7.73.